The molecule has 0 aromatic heterocycles. The molecule has 0 unspecified atom stereocenters. The number of hydrogen-bond donors (Lipinski definition) is 1. The van der Waals surface area contributed by atoms with E-state index in [0.29, 0.717) is 0 Å². The van der Waals surface area contributed by atoms with Gasteiger partial charge in [0.1, 0.15) is 5.82 Å². The van der Waals surface area contributed by atoms with Crippen LogP contribution in [-0.2, 0) is 12.8 Å². The molecule has 0 aliphatic rings. The second-order valence-electron chi connectivity index (χ2n) is 4.36. The summed E-state index contributed by atoms with van der Waals surface area (Å²) >= 11 is 0. The van der Waals surface area contributed by atoms with Gasteiger partial charge >= 0.3 is 0 Å². The molecule has 0 radical (unpaired) electrons. The molecule has 1 nitrogen and oxygen atoms in total. The summed E-state index contributed by atoms with van der Waals surface area (Å²) in [6, 6.07) is 17.2. The summed E-state index contributed by atoms with van der Waals surface area (Å²) in [5.41, 5.74) is 2.52. The van der Waals surface area contributed by atoms with Gasteiger partial charge in [-0.2, -0.15) is 0 Å². The van der Waals surface area contributed by atoms with Crippen molar-refractivity contribution in [2.45, 2.75) is 12.8 Å². The van der Waals surface area contributed by atoms with Gasteiger partial charge in [-0.1, -0.05) is 42.5 Å². The Morgan fingerprint density at radius 1 is 0.737 bits per heavy atom. The van der Waals surface area contributed by atoms with Gasteiger partial charge in [0.25, 0.3) is 0 Å². The molecule has 0 atom stereocenters. The summed E-state index contributed by atoms with van der Waals surface area (Å²) < 4.78 is 12.7. The van der Waals surface area contributed by atoms with Crippen molar-refractivity contribution < 1.29 is 4.39 Å². The maximum absolute atomic E-state index is 12.7. The zero-order valence-electron chi connectivity index (χ0n) is 10.8. The lowest BCUT2D eigenvalue weighted by atomic mass is 10.1. The molecule has 0 saturated carbocycles. The van der Waals surface area contributed by atoms with Crippen molar-refractivity contribution >= 4 is 12.4 Å². The summed E-state index contributed by atoms with van der Waals surface area (Å²) in [6.07, 6.45) is 1.99. The first kappa shape index (κ1) is 15.7. The average molecular weight is 280 g/mol. The fraction of sp³-hybridized carbons (Fsp3) is 0.250. The normalized spacial score (nSPS) is 9.95. The van der Waals surface area contributed by atoms with Crippen molar-refractivity contribution in [3.63, 3.8) is 0 Å². The van der Waals surface area contributed by atoms with E-state index < -0.39 is 0 Å². The monoisotopic (exact) mass is 279 g/mol. The van der Waals surface area contributed by atoms with E-state index in [-0.39, 0.29) is 18.2 Å². The summed E-state index contributed by atoms with van der Waals surface area (Å²) in [5.74, 6) is -0.171. The molecule has 19 heavy (non-hydrogen) atoms. The topological polar surface area (TPSA) is 12.0 Å². The Kier molecular flexibility index (Phi) is 7.16. The fourth-order valence-corrected chi connectivity index (χ4v) is 1.89. The molecule has 1 N–H and O–H groups in total. The highest BCUT2D eigenvalue weighted by Crippen LogP contribution is 2.03. The molecule has 2 aromatic rings. The standard InChI is InChI=1S/C16H18FN.ClH/c17-16-8-6-15(7-9-16)11-13-18-12-10-14-4-2-1-3-5-14;/h1-9,18H,10-13H2;1H. The summed E-state index contributed by atoms with van der Waals surface area (Å²) in [7, 11) is 0. The van der Waals surface area contributed by atoms with Gasteiger partial charge in [0.05, 0.1) is 0 Å². The van der Waals surface area contributed by atoms with E-state index in [1.807, 2.05) is 18.2 Å². The quantitative estimate of drug-likeness (QED) is 0.797. The van der Waals surface area contributed by atoms with Crippen LogP contribution in [0.25, 0.3) is 0 Å². The van der Waals surface area contributed by atoms with Crippen LogP contribution in [0.2, 0.25) is 0 Å². The van der Waals surface area contributed by atoms with Crippen molar-refractivity contribution in [1.29, 1.82) is 0 Å². The molecule has 0 aliphatic carbocycles. The Labute approximate surface area is 120 Å². The highest BCUT2D eigenvalue weighted by molar-refractivity contribution is 5.85. The van der Waals surface area contributed by atoms with E-state index in [0.717, 1.165) is 25.9 Å². The number of nitrogens with one attached hydrogen (secondary N) is 1. The minimum absolute atomic E-state index is 0. The molecule has 0 saturated heterocycles. The van der Waals surface area contributed by atoms with E-state index in [2.05, 4.69) is 29.6 Å². The van der Waals surface area contributed by atoms with Crippen molar-refractivity contribution in [3.05, 3.63) is 71.5 Å². The molecule has 0 heterocycles. The van der Waals surface area contributed by atoms with Gasteiger partial charge < -0.3 is 5.32 Å². The SMILES string of the molecule is Cl.Fc1ccc(CCNCCc2ccccc2)cc1. The lowest BCUT2D eigenvalue weighted by Crippen LogP contribution is -2.20. The van der Waals surface area contributed by atoms with Crippen molar-refractivity contribution in [3.8, 4) is 0 Å². The molecule has 3 heteroatoms. The molecule has 0 aliphatic heterocycles. The van der Waals surface area contributed by atoms with Crippen LogP contribution in [0, 0.1) is 5.82 Å². The van der Waals surface area contributed by atoms with Crippen molar-refractivity contribution in [1.82, 2.24) is 5.32 Å². The zero-order valence-corrected chi connectivity index (χ0v) is 11.6. The minimum Gasteiger partial charge on any atom is -0.316 e. The van der Waals surface area contributed by atoms with Crippen LogP contribution in [0.1, 0.15) is 11.1 Å². The Hall–Kier alpha value is -1.38. The number of rotatable bonds is 6. The Morgan fingerprint density at radius 2 is 1.26 bits per heavy atom. The van der Waals surface area contributed by atoms with Crippen LogP contribution in [0.3, 0.4) is 0 Å². The van der Waals surface area contributed by atoms with E-state index in [1.165, 1.54) is 23.3 Å². The third-order valence-corrected chi connectivity index (χ3v) is 2.94. The maximum atomic E-state index is 12.7. The largest absolute Gasteiger partial charge is 0.316 e. The highest BCUT2D eigenvalue weighted by Gasteiger charge is 1.95. The highest BCUT2D eigenvalue weighted by atomic mass is 35.5. The molecule has 0 fully saturated rings. The van der Waals surface area contributed by atoms with Gasteiger partial charge in [-0.25, -0.2) is 4.39 Å². The zero-order chi connectivity index (χ0) is 12.6. The predicted octanol–water partition coefficient (Wildman–Crippen LogP) is 3.62. The third-order valence-electron chi connectivity index (χ3n) is 2.94. The van der Waals surface area contributed by atoms with E-state index in [4.69, 9.17) is 0 Å². The fourth-order valence-electron chi connectivity index (χ4n) is 1.89. The number of hydrogen-bond acceptors (Lipinski definition) is 1. The molecule has 0 bridgehead atoms. The van der Waals surface area contributed by atoms with Crippen LogP contribution in [0.4, 0.5) is 4.39 Å². The Bertz CT molecular complexity index is 456. The van der Waals surface area contributed by atoms with Crippen LogP contribution < -0.4 is 5.32 Å². The number of benzene rings is 2. The van der Waals surface area contributed by atoms with Gasteiger partial charge in [0.2, 0.25) is 0 Å². The number of halogens is 2. The molecule has 2 aromatic carbocycles. The van der Waals surface area contributed by atoms with Gasteiger partial charge in [-0.3, -0.25) is 0 Å². The van der Waals surface area contributed by atoms with Crippen LogP contribution in [0.5, 0.6) is 0 Å². The first-order valence-electron chi connectivity index (χ1n) is 6.34. The van der Waals surface area contributed by atoms with Crippen LogP contribution in [0.15, 0.2) is 54.6 Å². The Balaban J connectivity index is 0.00000180. The van der Waals surface area contributed by atoms with Gasteiger partial charge in [-0.05, 0) is 49.2 Å². The predicted molar refractivity (Wildman–Crippen MR) is 80.4 cm³/mol. The van der Waals surface area contributed by atoms with E-state index in [9.17, 15) is 4.39 Å². The molecular weight excluding hydrogens is 261 g/mol. The van der Waals surface area contributed by atoms with E-state index in [1.54, 1.807) is 0 Å². The average Bonchev–Trinajstić information content (AvgIpc) is 2.42. The second-order valence-corrected chi connectivity index (χ2v) is 4.36. The first-order chi connectivity index (χ1) is 8.84. The summed E-state index contributed by atoms with van der Waals surface area (Å²) in [6.45, 7) is 1.91. The third kappa shape index (κ3) is 5.86. The smallest absolute Gasteiger partial charge is 0.123 e. The minimum atomic E-state index is -0.171. The molecule has 0 amide bonds. The lowest BCUT2D eigenvalue weighted by Gasteiger charge is -2.05. The second kappa shape index (κ2) is 8.68. The van der Waals surface area contributed by atoms with Crippen LogP contribution >= 0.6 is 12.4 Å². The lowest BCUT2D eigenvalue weighted by molar-refractivity contribution is 0.626. The van der Waals surface area contributed by atoms with Gasteiger partial charge in [0.15, 0.2) is 0 Å². The summed E-state index contributed by atoms with van der Waals surface area (Å²) in [4.78, 5) is 0. The maximum Gasteiger partial charge on any atom is 0.123 e. The van der Waals surface area contributed by atoms with Crippen LogP contribution in [-0.4, -0.2) is 13.1 Å². The Morgan fingerprint density at radius 3 is 1.84 bits per heavy atom. The molecule has 102 valence electrons. The summed E-state index contributed by atoms with van der Waals surface area (Å²) in [5, 5.41) is 3.40. The molecule has 2 rings (SSSR count). The van der Waals surface area contributed by atoms with Gasteiger partial charge in [-0.15, -0.1) is 12.4 Å². The van der Waals surface area contributed by atoms with Crippen molar-refractivity contribution in [2.24, 2.45) is 0 Å². The van der Waals surface area contributed by atoms with Gasteiger partial charge in [0, 0.05) is 0 Å². The van der Waals surface area contributed by atoms with Crippen molar-refractivity contribution in [2.75, 3.05) is 13.1 Å². The molecule has 0 spiro atoms. The van der Waals surface area contributed by atoms with E-state index >= 15 is 0 Å². The molecular formula is C16H19ClFN. The first-order valence-corrected chi connectivity index (χ1v) is 6.34.